The average molecular weight is 421 g/mol. The van der Waals surface area contributed by atoms with Crippen molar-refractivity contribution >= 4 is 44.2 Å². The summed E-state index contributed by atoms with van der Waals surface area (Å²) in [7, 11) is -3.38. The molecule has 1 heterocycles. The third-order valence-corrected chi connectivity index (χ3v) is 5.19. The fourth-order valence-corrected chi connectivity index (χ4v) is 3.77. The summed E-state index contributed by atoms with van der Waals surface area (Å²) in [6, 6.07) is 13.9. The molecule has 0 fully saturated rings. The second-order valence-electron chi connectivity index (χ2n) is 6.56. The molecular weight excluding hydrogens is 400 g/mol. The highest BCUT2D eigenvalue weighted by Gasteiger charge is 2.21. The van der Waals surface area contributed by atoms with Crippen LogP contribution in [0.15, 0.2) is 54.7 Å². The minimum atomic E-state index is -3.38. The van der Waals surface area contributed by atoms with Crippen molar-refractivity contribution in [3.63, 3.8) is 0 Å². The molecule has 1 aromatic heterocycles. The second kappa shape index (κ2) is 8.24. The smallest absolute Gasteiger partial charge is 0.316 e. The summed E-state index contributed by atoms with van der Waals surface area (Å²) in [6.45, 7) is 2.34. The van der Waals surface area contributed by atoms with Gasteiger partial charge >= 0.3 is 5.97 Å². The van der Waals surface area contributed by atoms with Gasteiger partial charge in [-0.3, -0.25) is 9.52 Å². The van der Waals surface area contributed by atoms with E-state index in [2.05, 4.69) is 4.72 Å². The van der Waals surface area contributed by atoms with Gasteiger partial charge in [-0.2, -0.15) is 0 Å². The summed E-state index contributed by atoms with van der Waals surface area (Å²) >= 11 is 5.94. The predicted molar refractivity (Wildman–Crippen MR) is 111 cm³/mol. The summed E-state index contributed by atoms with van der Waals surface area (Å²) < 4.78 is 33.1. The monoisotopic (exact) mass is 420 g/mol. The van der Waals surface area contributed by atoms with Crippen LogP contribution in [0.1, 0.15) is 13.3 Å². The van der Waals surface area contributed by atoms with Crippen LogP contribution in [0, 0.1) is 5.92 Å². The van der Waals surface area contributed by atoms with E-state index in [0.29, 0.717) is 29.4 Å². The van der Waals surface area contributed by atoms with Gasteiger partial charge < -0.3 is 9.30 Å². The van der Waals surface area contributed by atoms with E-state index in [1.807, 2.05) is 29.8 Å². The van der Waals surface area contributed by atoms with Crippen LogP contribution in [-0.4, -0.2) is 25.2 Å². The number of carbonyl (C=O) groups is 1. The van der Waals surface area contributed by atoms with Gasteiger partial charge in [0.2, 0.25) is 10.0 Å². The molecular formula is C20H21ClN2O4S. The molecule has 1 N–H and O–H groups in total. The maximum absolute atomic E-state index is 12.6. The molecule has 148 valence electrons. The van der Waals surface area contributed by atoms with E-state index >= 15 is 0 Å². The van der Waals surface area contributed by atoms with Crippen LogP contribution in [-0.2, 0) is 21.4 Å². The van der Waals surface area contributed by atoms with Gasteiger partial charge in [-0.05, 0) is 42.8 Å². The van der Waals surface area contributed by atoms with E-state index < -0.39 is 10.0 Å². The summed E-state index contributed by atoms with van der Waals surface area (Å²) in [6.07, 6.45) is 3.55. The van der Waals surface area contributed by atoms with Gasteiger partial charge in [0.25, 0.3) is 0 Å². The highest BCUT2D eigenvalue weighted by molar-refractivity contribution is 7.92. The summed E-state index contributed by atoms with van der Waals surface area (Å²) in [5.41, 5.74) is 1.34. The average Bonchev–Trinajstić information content (AvgIpc) is 3.02. The quantitative estimate of drug-likeness (QED) is 0.456. The number of hydrogen-bond donors (Lipinski definition) is 1. The van der Waals surface area contributed by atoms with Gasteiger partial charge in [-0.25, -0.2) is 8.42 Å². The third kappa shape index (κ3) is 4.85. The zero-order chi connectivity index (χ0) is 20.3. The molecule has 8 heteroatoms. The topological polar surface area (TPSA) is 77.4 Å². The Kier molecular flexibility index (Phi) is 5.96. The van der Waals surface area contributed by atoms with Crippen LogP contribution in [0.4, 0.5) is 5.69 Å². The Morgan fingerprint density at radius 1 is 1.21 bits per heavy atom. The lowest BCUT2D eigenvalue weighted by Crippen LogP contribution is -2.24. The van der Waals surface area contributed by atoms with E-state index in [0.717, 1.165) is 17.2 Å². The Balaban J connectivity index is 1.82. The Morgan fingerprint density at radius 2 is 1.96 bits per heavy atom. The first kappa shape index (κ1) is 20.2. The number of rotatable bonds is 7. The Morgan fingerprint density at radius 3 is 2.64 bits per heavy atom. The number of hydrogen-bond acceptors (Lipinski definition) is 4. The van der Waals surface area contributed by atoms with Crippen LogP contribution in [0.25, 0.3) is 10.9 Å². The Labute approximate surface area is 169 Å². The van der Waals surface area contributed by atoms with E-state index in [1.54, 1.807) is 36.4 Å². The van der Waals surface area contributed by atoms with Gasteiger partial charge in [0, 0.05) is 23.2 Å². The van der Waals surface area contributed by atoms with E-state index in [4.69, 9.17) is 16.3 Å². The molecule has 2 aromatic carbocycles. The van der Waals surface area contributed by atoms with Crippen molar-refractivity contribution in [1.82, 2.24) is 4.57 Å². The third-order valence-electron chi connectivity index (χ3n) is 4.37. The van der Waals surface area contributed by atoms with Crippen molar-refractivity contribution in [3.05, 3.63) is 59.8 Å². The SMILES string of the molecule is CC[C@H](Cn1ccc2c(NS(C)(=O)=O)cccc21)C(=O)Oc1cccc(Cl)c1. The number of aromatic nitrogens is 1. The summed E-state index contributed by atoms with van der Waals surface area (Å²) in [5.74, 6) is -0.286. The number of fused-ring (bicyclic) bond motifs is 1. The fraction of sp³-hybridized carbons (Fsp3) is 0.250. The number of sulfonamides is 1. The van der Waals surface area contributed by atoms with Gasteiger partial charge in [-0.15, -0.1) is 0 Å². The molecule has 0 amide bonds. The van der Waals surface area contributed by atoms with Crippen molar-refractivity contribution in [2.24, 2.45) is 5.92 Å². The molecule has 0 bridgehead atoms. The normalized spacial score (nSPS) is 12.7. The van der Waals surface area contributed by atoms with Gasteiger partial charge in [0.05, 0.1) is 23.4 Å². The predicted octanol–water partition coefficient (Wildman–Crippen LogP) is 4.30. The maximum atomic E-state index is 12.6. The number of esters is 1. The van der Waals surface area contributed by atoms with E-state index in [9.17, 15) is 13.2 Å². The van der Waals surface area contributed by atoms with Crippen LogP contribution in [0.5, 0.6) is 5.75 Å². The van der Waals surface area contributed by atoms with Crippen molar-refractivity contribution in [2.45, 2.75) is 19.9 Å². The number of anilines is 1. The number of benzene rings is 2. The largest absolute Gasteiger partial charge is 0.426 e. The van der Waals surface area contributed by atoms with Crippen LogP contribution >= 0.6 is 11.6 Å². The molecule has 0 aliphatic heterocycles. The molecule has 6 nitrogen and oxygen atoms in total. The highest BCUT2D eigenvalue weighted by Crippen LogP contribution is 2.27. The van der Waals surface area contributed by atoms with Gasteiger partial charge in [0.15, 0.2) is 0 Å². The van der Waals surface area contributed by atoms with Crippen molar-refractivity contribution < 1.29 is 17.9 Å². The van der Waals surface area contributed by atoms with Crippen LogP contribution in [0.2, 0.25) is 5.02 Å². The lowest BCUT2D eigenvalue weighted by molar-refractivity contribution is -0.139. The molecule has 0 saturated heterocycles. The van der Waals surface area contributed by atoms with Crippen molar-refractivity contribution in [3.8, 4) is 5.75 Å². The second-order valence-corrected chi connectivity index (χ2v) is 8.75. The first-order chi connectivity index (χ1) is 13.3. The van der Waals surface area contributed by atoms with Crippen LogP contribution < -0.4 is 9.46 Å². The minimum Gasteiger partial charge on any atom is -0.426 e. The van der Waals surface area contributed by atoms with E-state index in [1.165, 1.54) is 0 Å². The number of carbonyl (C=O) groups excluding carboxylic acids is 1. The number of nitrogens with one attached hydrogen (secondary N) is 1. The van der Waals surface area contributed by atoms with Crippen molar-refractivity contribution in [1.29, 1.82) is 0 Å². The fourth-order valence-electron chi connectivity index (χ4n) is 3.01. The van der Waals surface area contributed by atoms with Gasteiger partial charge in [0.1, 0.15) is 5.75 Å². The molecule has 0 spiro atoms. The molecule has 28 heavy (non-hydrogen) atoms. The van der Waals surface area contributed by atoms with Crippen molar-refractivity contribution in [2.75, 3.05) is 11.0 Å². The lowest BCUT2D eigenvalue weighted by Gasteiger charge is -2.16. The molecule has 3 aromatic rings. The maximum Gasteiger partial charge on any atom is 0.316 e. The summed E-state index contributed by atoms with van der Waals surface area (Å²) in [5, 5.41) is 1.27. The molecule has 0 saturated carbocycles. The zero-order valence-electron chi connectivity index (χ0n) is 15.6. The van der Waals surface area contributed by atoms with Gasteiger partial charge in [-0.1, -0.05) is 30.7 Å². The highest BCUT2D eigenvalue weighted by atomic mass is 35.5. The number of nitrogens with zero attached hydrogens (tertiary/aromatic N) is 1. The molecule has 0 unspecified atom stereocenters. The molecule has 0 aliphatic carbocycles. The summed E-state index contributed by atoms with van der Waals surface area (Å²) in [4.78, 5) is 12.6. The van der Waals surface area contributed by atoms with Crippen LogP contribution in [0.3, 0.4) is 0 Å². The lowest BCUT2D eigenvalue weighted by atomic mass is 10.1. The minimum absolute atomic E-state index is 0.336. The first-order valence-electron chi connectivity index (χ1n) is 8.79. The van der Waals surface area contributed by atoms with E-state index in [-0.39, 0.29) is 11.9 Å². The molecule has 3 rings (SSSR count). The molecule has 0 aliphatic rings. The molecule has 1 atom stereocenters. The number of halogens is 1. The number of ether oxygens (including phenoxy) is 1. The Hall–Kier alpha value is -2.51. The molecule has 0 radical (unpaired) electrons. The standard InChI is InChI=1S/C20H21ClN2O4S/c1-3-14(20(24)27-16-7-4-6-15(21)12-16)13-23-11-10-17-18(22-28(2,25)26)8-5-9-19(17)23/h4-12,14,22H,3,13H2,1-2H3/t14-/m1/s1. The Bertz CT molecular complexity index is 1110. The zero-order valence-corrected chi connectivity index (χ0v) is 17.1. The first-order valence-corrected chi connectivity index (χ1v) is 11.1.